The topological polar surface area (TPSA) is 73.5 Å². The summed E-state index contributed by atoms with van der Waals surface area (Å²) in [4.78, 5) is 23.6. The highest BCUT2D eigenvalue weighted by Gasteiger charge is 2.34. The molecule has 8 heteroatoms. The summed E-state index contributed by atoms with van der Waals surface area (Å²) in [5.74, 6) is 0. The normalized spacial score (nSPS) is 27.7. The van der Waals surface area contributed by atoms with Crippen LogP contribution in [0, 0.1) is 6.92 Å². The first-order valence-electron chi connectivity index (χ1n) is 5.46. The van der Waals surface area contributed by atoms with Crippen molar-refractivity contribution in [3.05, 3.63) is 32.6 Å². The van der Waals surface area contributed by atoms with Crippen LogP contribution in [0.15, 0.2) is 15.8 Å². The molecule has 0 aliphatic carbocycles. The molecule has 3 unspecified atom stereocenters. The van der Waals surface area contributed by atoms with Crippen LogP contribution in [-0.2, 0) is 4.74 Å². The van der Waals surface area contributed by atoms with Gasteiger partial charge in [-0.15, -0.1) is 0 Å². The van der Waals surface area contributed by atoms with Gasteiger partial charge in [-0.1, -0.05) is 22.6 Å². The van der Waals surface area contributed by atoms with E-state index in [1.54, 1.807) is 6.92 Å². The fourth-order valence-electron chi connectivity index (χ4n) is 1.95. The van der Waals surface area contributed by atoms with Gasteiger partial charge in [0.1, 0.15) is 6.23 Å². The number of rotatable bonds is 2. The van der Waals surface area contributed by atoms with Crippen molar-refractivity contribution in [2.45, 2.75) is 29.6 Å². The first kappa shape index (κ1) is 14.2. The number of aromatic nitrogens is 2. The fraction of sp³-hybridized carbons (Fsp3) is 0.600. The van der Waals surface area contributed by atoms with Crippen molar-refractivity contribution in [3.8, 4) is 0 Å². The Morgan fingerprint density at radius 3 is 2.83 bits per heavy atom. The average Bonchev–Trinajstić information content (AvgIpc) is 2.72. The van der Waals surface area contributed by atoms with Crippen molar-refractivity contribution in [2.75, 3.05) is 6.61 Å². The Morgan fingerprint density at radius 2 is 2.28 bits per heavy atom. The molecule has 4 atom stereocenters. The first-order valence-corrected chi connectivity index (χ1v) is 7.22. The molecule has 1 aromatic rings. The number of nitrogens with zero attached hydrogens (tertiary/aromatic N) is 2. The van der Waals surface area contributed by atoms with Crippen molar-refractivity contribution in [1.82, 2.24) is 8.90 Å². The van der Waals surface area contributed by atoms with Crippen molar-refractivity contribution in [1.29, 1.82) is 0 Å². The van der Waals surface area contributed by atoms with Crippen LogP contribution in [0.25, 0.3) is 0 Å². The number of aliphatic hydroxyl groups excluding tert-OH is 1. The maximum Gasteiger partial charge on any atom is 0.336 e. The highest BCUT2D eigenvalue weighted by atomic mass is 127. The van der Waals surface area contributed by atoms with Gasteiger partial charge in [-0.25, -0.2) is 9.13 Å². The van der Waals surface area contributed by atoms with Crippen LogP contribution in [0.2, 0.25) is 0 Å². The summed E-state index contributed by atoms with van der Waals surface area (Å²) in [5, 5.41) is 9.15. The monoisotopic (exact) mass is 384 g/mol. The Balaban J connectivity index is 2.42. The van der Waals surface area contributed by atoms with E-state index in [2.05, 4.69) is 32.0 Å². The maximum atomic E-state index is 12.0. The van der Waals surface area contributed by atoms with Gasteiger partial charge >= 0.3 is 5.69 Å². The van der Waals surface area contributed by atoms with Crippen LogP contribution in [0.4, 0.5) is 0 Å². The lowest BCUT2D eigenvalue weighted by Crippen LogP contribution is -2.37. The van der Waals surface area contributed by atoms with Gasteiger partial charge in [-0.05, 0) is 16.3 Å². The van der Waals surface area contributed by atoms with Gasteiger partial charge < -0.3 is 9.84 Å². The Bertz CT molecular complexity index is 570. The van der Waals surface area contributed by atoms with E-state index in [-0.39, 0.29) is 22.2 Å². The highest BCUT2D eigenvalue weighted by Crippen LogP contribution is 2.32. The average molecular weight is 384 g/mol. The number of ether oxygens (including phenoxy) is 1. The van der Waals surface area contributed by atoms with E-state index >= 15 is 0 Å². The molecule has 18 heavy (non-hydrogen) atoms. The molecule has 0 radical (unpaired) electrons. The summed E-state index contributed by atoms with van der Waals surface area (Å²) < 4.78 is 8.17. The van der Waals surface area contributed by atoms with Crippen LogP contribution >= 0.6 is 32.0 Å². The number of aliphatic hydroxyl groups is 1. The molecule has 0 saturated carbocycles. The van der Waals surface area contributed by atoms with Crippen LogP contribution < -0.4 is 11.2 Å². The van der Waals surface area contributed by atoms with Crippen LogP contribution in [0.5, 0.6) is 0 Å². The Morgan fingerprint density at radius 1 is 1.61 bits per heavy atom. The summed E-state index contributed by atoms with van der Waals surface area (Å²) in [6, 6.07) is 0. The van der Waals surface area contributed by atoms with Gasteiger partial charge in [-0.3, -0.25) is 9.36 Å². The molecular weight excluding hydrogens is 370 g/mol. The molecule has 1 N–H and O–H groups in total. The Labute approximate surface area is 119 Å². The predicted octanol–water partition coefficient (Wildman–Crippen LogP) is 0.0400. The lowest BCUT2D eigenvalue weighted by Gasteiger charge is -2.16. The predicted molar refractivity (Wildman–Crippen MR) is 78.2 cm³/mol. The van der Waals surface area contributed by atoms with Gasteiger partial charge in [0.05, 0.1) is 12.7 Å². The minimum absolute atomic E-state index is 0.0711. The Kier molecular flexibility index (Phi) is 4.25. The second kappa shape index (κ2) is 5.40. The highest BCUT2D eigenvalue weighted by molar-refractivity contribution is 14.1. The smallest absolute Gasteiger partial charge is 0.336 e. The zero-order chi connectivity index (χ0) is 13.4. The molecule has 6 nitrogen and oxygen atoms in total. The molecule has 2 rings (SSSR count). The lowest BCUT2D eigenvalue weighted by atomic mass is 10.2. The molecule has 2 heterocycles. The zero-order valence-corrected chi connectivity index (χ0v) is 13.1. The van der Waals surface area contributed by atoms with Crippen LogP contribution in [0.3, 0.4) is 0 Å². The van der Waals surface area contributed by atoms with Crippen molar-refractivity contribution < 1.29 is 9.84 Å². The van der Waals surface area contributed by atoms with Crippen LogP contribution in [0.1, 0.15) is 18.2 Å². The van der Waals surface area contributed by atoms with E-state index in [0.717, 1.165) is 4.34 Å². The quantitative estimate of drug-likeness (QED) is 0.444. The molecule has 1 aliphatic heterocycles. The fourth-order valence-corrected chi connectivity index (χ4v) is 3.12. The molecular formula is C10H14IN2O4P. The first-order chi connectivity index (χ1) is 8.45. The van der Waals surface area contributed by atoms with E-state index < -0.39 is 11.9 Å². The molecule has 0 bridgehead atoms. The molecule has 1 aromatic heterocycles. The van der Waals surface area contributed by atoms with Crippen LogP contribution in [-0.4, -0.2) is 30.6 Å². The van der Waals surface area contributed by atoms with E-state index in [0.29, 0.717) is 12.0 Å². The molecule has 1 saturated heterocycles. The van der Waals surface area contributed by atoms with Gasteiger partial charge in [-0.2, -0.15) is 0 Å². The standard InChI is InChI=1S/C10H14IN2O4P/c1-5-3-12(10(16)13(18)9(5)15)8-2-6(11)7(4-14)17-8/h3,6-8,14H,2,4,18H2,1H3/t6-,7?,8?/m1/s1. The largest absolute Gasteiger partial charge is 0.394 e. The number of alkyl halides is 1. The number of halogens is 1. The second-order valence-corrected chi connectivity index (χ2v) is 6.36. The molecule has 1 aliphatic rings. The summed E-state index contributed by atoms with van der Waals surface area (Å²) in [6.07, 6.45) is 1.45. The van der Waals surface area contributed by atoms with Gasteiger partial charge in [0.25, 0.3) is 5.56 Å². The minimum Gasteiger partial charge on any atom is -0.394 e. The third kappa shape index (κ3) is 2.41. The maximum absolute atomic E-state index is 12.0. The summed E-state index contributed by atoms with van der Waals surface area (Å²) in [5.41, 5.74) is -0.280. The number of hydrogen-bond acceptors (Lipinski definition) is 4. The van der Waals surface area contributed by atoms with Crippen molar-refractivity contribution in [2.24, 2.45) is 0 Å². The third-order valence-corrected chi connectivity index (χ3v) is 4.73. The van der Waals surface area contributed by atoms with E-state index in [4.69, 9.17) is 9.84 Å². The molecule has 100 valence electrons. The van der Waals surface area contributed by atoms with Crippen molar-refractivity contribution in [3.63, 3.8) is 0 Å². The number of aryl methyl sites for hydroxylation is 1. The zero-order valence-electron chi connectivity index (χ0n) is 9.75. The number of hydrogen-bond donors (Lipinski definition) is 1. The molecule has 1 fully saturated rings. The summed E-state index contributed by atoms with van der Waals surface area (Å²) in [7, 11) is 2.11. The molecule has 0 aromatic carbocycles. The summed E-state index contributed by atoms with van der Waals surface area (Å²) >= 11 is 2.20. The van der Waals surface area contributed by atoms with E-state index in [1.807, 2.05) is 0 Å². The SMILES string of the molecule is Cc1cn(C2C[C@@H](I)C(CO)O2)c(=O)n(P)c1=O. The van der Waals surface area contributed by atoms with Gasteiger partial charge in [0.2, 0.25) is 0 Å². The van der Waals surface area contributed by atoms with Gasteiger partial charge in [0, 0.05) is 22.1 Å². The lowest BCUT2D eigenvalue weighted by molar-refractivity contribution is -0.0234. The molecule has 0 amide bonds. The van der Waals surface area contributed by atoms with E-state index in [9.17, 15) is 9.59 Å². The second-order valence-electron chi connectivity index (χ2n) is 4.24. The van der Waals surface area contributed by atoms with Gasteiger partial charge in [0.15, 0.2) is 0 Å². The third-order valence-electron chi connectivity index (χ3n) is 2.97. The molecule has 0 spiro atoms. The minimum atomic E-state index is -0.428. The van der Waals surface area contributed by atoms with E-state index in [1.165, 1.54) is 10.8 Å². The summed E-state index contributed by atoms with van der Waals surface area (Å²) in [6.45, 7) is 1.58. The van der Waals surface area contributed by atoms with Crippen molar-refractivity contribution >= 4 is 32.0 Å². The Hall–Kier alpha value is -0.240.